The molecule has 1 aromatic heterocycles. The van der Waals surface area contributed by atoms with Gasteiger partial charge in [0.05, 0.1) is 10.6 Å². The van der Waals surface area contributed by atoms with Crippen molar-refractivity contribution in [2.75, 3.05) is 6.54 Å². The van der Waals surface area contributed by atoms with Crippen LogP contribution in [0.5, 0.6) is 0 Å². The molecule has 16 heavy (non-hydrogen) atoms. The largest absolute Gasteiger partial charge is 0.336 e. The predicted octanol–water partition coefficient (Wildman–Crippen LogP) is 3.01. The summed E-state index contributed by atoms with van der Waals surface area (Å²) in [6.45, 7) is 2.66. The fourth-order valence-electron chi connectivity index (χ4n) is 1.69. The van der Waals surface area contributed by atoms with Crippen LogP contribution < -0.4 is 0 Å². The van der Waals surface area contributed by atoms with E-state index in [1.54, 1.807) is 0 Å². The molecule has 0 bridgehead atoms. The Morgan fingerprint density at radius 2 is 2.25 bits per heavy atom. The topological polar surface area (TPSA) is 33.2 Å². The zero-order valence-corrected chi connectivity index (χ0v) is 10.4. The van der Waals surface area contributed by atoms with Crippen LogP contribution >= 0.6 is 23.2 Å². The number of amides is 1. The van der Waals surface area contributed by atoms with Crippen molar-refractivity contribution < 1.29 is 4.79 Å². The number of carbonyl (C=O) groups excluding carboxylic acids is 1. The molecule has 1 heterocycles. The third-order valence-electron chi connectivity index (χ3n) is 2.64. The minimum Gasteiger partial charge on any atom is -0.336 e. The lowest BCUT2D eigenvalue weighted by molar-refractivity contribution is 0.0752. The summed E-state index contributed by atoms with van der Waals surface area (Å²) in [6.07, 6.45) is 3.57. The third-order valence-corrected chi connectivity index (χ3v) is 3.15. The minimum absolute atomic E-state index is 0.0562. The Bertz CT molecular complexity index is 418. The van der Waals surface area contributed by atoms with Crippen LogP contribution in [0.15, 0.2) is 12.3 Å². The maximum atomic E-state index is 12.2. The lowest BCUT2D eigenvalue weighted by atomic mass is 10.2. The smallest absolute Gasteiger partial charge is 0.255 e. The van der Waals surface area contributed by atoms with E-state index >= 15 is 0 Å². The highest BCUT2D eigenvalue weighted by molar-refractivity contribution is 6.35. The Kier molecular flexibility index (Phi) is 3.36. The van der Waals surface area contributed by atoms with Crippen molar-refractivity contribution in [3.8, 4) is 0 Å². The Labute approximate surface area is 104 Å². The first-order valence-corrected chi connectivity index (χ1v) is 6.01. The highest BCUT2D eigenvalue weighted by Gasteiger charge is 2.32. The van der Waals surface area contributed by atoms with Crippen LogP contribution in [0, 0.1) is 0 Å². The fourth-order valence-corrected chi connectivity index (χ4v) is 2.03. The van der Waals surface area contributed by atoms with Gasteiger partial charge in [-0.3, -0.25) is 4.79 Å². The zero-order valence-electron chi connectivity index (χ0n) is 8.91. The Morgan fingerprint density at radius 3 is 2.81 bits per heavy atom. The first-order valence-electron chi connectivity index (χ1n) is 5.25. The summed E-state index contributed by atoms with van der Waals surface area (Å²) < 4.78 is 0. The standard InChI is InChI=1S/C11H12Cl2N2O/c1-2-15(7-3-4-7)11(16)8-5-10(13)14-6-9(8)12/h5-7H,2-4H2,1H3. The van der Waals surface area contributed by atoms with E-state index in [9.17, 15) is 4.79 Å². The van der Waals surface area contributed by atoms with Gasteiger partial charge in [0.1, 0.15) is 5.15 Å². The average molecular weight is 259 g/mol. The number of carbonyl (C=O) groups is 1. The van der Waals surface area contributed by atoms with Gasteiger partial charge >= 0.3 is 0 Å². The molecule has 1 amide bonds. The molecule has 5 heteroatoms. The summed E-state index contributed by atoms with van der Waals surface area (Å²) in [4.78, 5) is 17.8. The lowest BCUT2D eigenvalue weighted by Crippen LogP contribution is -2.33. The zero-order chi connectivity index (χ0) is 11.7. The number of nitrogens with zero attached hydrogens (tertiary/aromatic N) is 2. The van der Waals surface area contributed by atoms with Crippen LogP contribution in [-0.4, -0.2) is 28.4 Å². The van der Waals surface area contributed by atoms with Crippen LogP contribution in [0.1, 0.15) is 30.1 Å². The highest BCUT2D eigenvalue weighted by Crippen LogP contribution is 2.29. The molecule has 0 N–H and O–H groups in total. The maximum absolute atomic E-state index is 12.2. The SMILES string of the molecule is CCN(C(=O)c1cc(Cl)ncc1Cl)C1CC1. The van der Waals surface area contributed by atoms with Gasteiger partial charge in [0.2, 0.25) is 0 Å². The van der Waals surface area contributed by atoms with E-state index in [1.165, 1.54) is 12.3 Å². The molecular formula is C11H12Cl2N2O. The van der Waals surface area contributed by atoms with E-state index < -0.39 is 0 Å². The van der Waals surface area contributed by atoms with Crippen molar-refractivity contribution in [2.45, 2.75) is 25.8 Å². The number of halogens is 2. The van der Waals surface area contributed by atoms with E-state index in [0.717, 1.165) is 12.8 Å². The summed E-state index contributed by atoms with van der Waals surface area (Å²) in [5.74, 6) is -0.0562. The normalized spacial score (nSPS) is 14.9. The van der Waals surface area contributed by atoms with Gasteiger partial charge in [0.25, 0.3) is 5.91 Å². The lowest BCUT2D eigenvalue weighted by Gasteiger charge is -2.20. The second-order valence-electron chi connectivity index (χ2n) is 3.81. The van der Waals surface area contributed by atoms with Crippen molar-refractivity contribution in [1.29, 1.82) is 0 Å². The van der Waals surface area contributed by atoms with E-state index in [0.29, 0.717) is 28.3 Å². The average Bonchev–Trinajstić information content (AvgIpc) is 3.07. The molecule has 1 fully saturated rings. The Morgan fingerprint density at radius 1 is 1.56 bits per heavy atom. The molecule has 0 aliphatic heterocycles. The van der Waals surface area contributed by atoms with Crippen LogP contribution in [0.4, 0.5) is 0 Å². The quantitative estimate of drug-likeness (QED) is 0.782. The molecule has 0 saturated heterocycles. The van der Waals surface area contributed by atoms with Gasteiger partial charge in [0, 0.05) is 18.8 Å². The molecule has 0 atom stereocenters. The molecule has 1 saturated carbocycles. The molecule has 3 nitrogen and oxygen atoms in total. The number of rotatable bonds is 3. The van der Waals surface area contributed by atoms with Crippen molar-refractivity contribution in [3.05, 3.63) is 28.0 Å². The van der Waals surface area contributed by atoms with Gasteiger partial charge in [-0.1, -0.05) is 23.2 Å². The number of hydrogen-bond acceptors (Lipinski definition) is 2. The van der Waals surface area contributed by atoms with Gasteiger partial charge in [-0.25, -0.2) is 4.98 Å². The second kappa shape index (κ2) is 4.60. The molecular weight excluding hydrogens is 247 g/mol. The first-order chi connectivity index (χ1) is 7.63. The third kappa shape index (κ3) is 2.30. The summed E-state index contributed by atoms with van der Waals surface area (Å²) in [5, 5.41) is 0.646. The molecule has 1 aromatic rings. The van der Waals surface area contributed by atoms with Gasteiger partial charge in [-0.05, 0) is 25.8 Å². The van der Waals surface area contributed by atoms with Crippen molar-refractivity contribution in [2.24, 2.45) is 0 Å². The second-order valence-corrected chi connectivity index (χ2v) is 4.60. The van der Waals surface area contributed by atoms with Crippen molar-refractivity contribution in [1.82, 2.24) is 9.88 Å². The summed E-state index contributed by atoms with van der Waals surface area (Å²) >= 11 is 11.7. The highest BCUT2D eigenvalue weighted by atomic mass is 35.5. The van der Waals surface area contributed by atoms with E-state index in [2.05, 4.69) is 4.98 Å². The van der Waals surface area contributed by atoms with Crippen molar-refractivity contribution >= 4 is 29.1 Å². The number of pyridine rings is 1. The number of aromatic nitrogens is 1. The van der Waals surface area contributed by atoms with Gasteiger partial charge in [-0.15, -0.1) is 0 Å². The van der Waals surface area contributed by atoms with Gasteiger partial charge in [0.15, 0.2) is 0 Å². The van der Waals surface area contributed by atoms with Crippen LogP contribution in [-0.2, 0) is 0 Å². The molecule has 1 aliphatic carbocycles. The first kappa shape index (κ1) is 11.7. The van der Waals surface area contributed by atoms with Crippen LogP contribution in [0.25, 0.3) is 0 Å². The van der Waals surface area contributed by atoms with E-state index in [-0.39, 0.29) is 5.91 Å². The maximum Gasteiger partial charge on any atom is 0.255 e. The summed E-state index contributed by atoms with van der Waals surface area (Å²) in [5.41, 5.74) is 0.440. The van der Waals surface area contributed by atoms with Crippen molar-refractivity contribution in [3.63, 3.8) is 0 Å². The number of hydrogen-bond donors (Lipinski definition) is 0. The van der Waals surface area contributed by atoms with Crippen LogP contribution in [0.3, 0.4) is 0 Å². The Hall–Kier alpha value is -0.800. The molecule has 0 radical (unpaired) electrons. The van der Waals surface area contributed by atoms with E-state index in [4.69, 9.17) is 23.2 Å². The summed E-state index contributed by atoms with van der Waals surface area (Å²) in [6, 6.07) is 1.90. The molecule has 0 spiro atoms. The minimum atomic E-state index is -0.0562. The molecule has 1 aliphatic rings. The van der Waals surface area contributed by atoms with Gasteiger partial charge < -0.3 is 4.90 Å². The van der Waals surface area contributed by atoms with Gasteiger partial charge in [-0.2, -0.15) is 0 Å². The monoisotopic (exact) mass is 258 g/mol. The predicted molar refractivity (Wildman–Crippen MR) is 64.0 cm³/mol. The molecule has 0 aromatic carbocycles. The molecule has 2 rings (SSSR count). The van der Waals surface area contributed by atoms with Crippen LogP contribution in [0.2, 0.25) is 10.2 Å². The molecule has 86 valence electrons. The summed E-state index contributed by atoms with van der Waals surface area (Å²) in [7, 11) is 0. The fraction of sp³-hybridized carbons (Fsp3) is 0.455. The van der Waals surface area contributed by atoms with E-state index in [1.807, 2.05) is 11.8 Å². The molecule has 0 unspecified atom stereocenters. The Balaban J connectivity index is 2.28.